The van der Waals surface area contributed by atoms with Gasteiger partial charge >= 0.3 is 0 Å². The Morgan fingerprint density at radius 3 is 2.87 bits per heavy atom. The molecule has 0 aliphatic rings. The molecule has 0 bridgehead atoms. The fourth-order valence-corrected chi connectivity index (χ4v) is 1.24. The van der Waals surface area contributed by atoms with E-state index in [0.717, 1.165) is 5.56 Å². The van der Waals surface area contributed by atoms with Crippen LogP contribution < -0.4 is 5.73 Å². The second-order valence-corrected chi connectivity index (χ2v) is 3.20. The van der Waals surface area contributed by atoms with E-state index in [1.165, 1.54) is 6.07 Å². The Morgan fingerprint density at radius 2 is 2.27 bits per heavy atom. The third-order valence-electron chi connectivity index (χ3n) is 2.01. The Hall–Kier alpha value is -1.75. The molecule has 0 fully saturated rings. The van der Waals surface area contributed by atoms with E-state index in [1.54, 1.807) is 12.1 Å². The molecular formula is C10H10FN3O. The molecule has 1 aromatic heterocycles. The summed E-state index contributed by atoms with van der Waals surface area (Å²) in [6.07, 6.45) is 0. The molecule has 0 unspecified atom stereocenters. The highest BCUT2D eigenvalue weighted by molar-refractivity contribution is 5.54. The lowest BCUT2D eigenvalue weighted by Gasteiger charge is -1.97. The minimum absolute atomic E-state index is 0.160. The highest BCUT2D eigenvalue weighted by Crippen LogP contribution is 2.21. The second kappa shape index (κ2) is 3.78. The summed E-state index contributed by atoms with van der Waals surface area (Å²) in [4.78, 5) is 3.95. The van der Waals surface area contributed by atoms with E-state index in [2.05, 4.69) is 10.1 Å². The normalized spacial score (nSPS) is 10.6. The highest BCUT2D eigenvalue weighted by Gasteiger charge is 2.12. The summed E-state index contributed by atoms with van der Waals surface area (Å²) in [6.45, 7) is 1.99. The Kier molecular flexibility index (Phi) is 2.47. The first-order valence-electron chi connectivity index (χ1n) is 4.50. The molecule has 1 heterocycles. The Bertz CT molecular complexity index is 481. The van der Waals surface area contributed by atoms with E-state index < -0.39 is 0 Å². The molecule has 0 atom stereocenters. The van der Waals surface area contributed by atoms with Crippen LogP contribution >= 0.6 is 0 Å². The molecule has 0 amide bonds. The Labute approximate surface area is 85.9 Å². The van der Waals surface area contributed by atoms with Crippen LogP contribution in [-0.2, 0) is 6.54 Å². The Morgan fingerprint density at radius 1 is 1.47 bits per heavy atom. The van der Waals surface area contributed by atoms with Gasteiger partial charge in [0, 0.05) is 0 Å². The fraction of sp³-hybridized carbons (Fsp3) is 0.200. The maximum atomic E-state index is 13.5. The third-order valence-corrected chi connectivity index (χ3v) is 2.01. The smallest absolute Gasteiger partial charge is 0.260 e. The van der Waals surface area contributed by atoms with Gasteiger partial charge in [0.1, 0.15) is 5.82 Å². The van der Waals surface area contributed by atoms with Crippen LogP contribution in [-0.4, -0.2) is 10.1 Å². The van der Waals surface area contributed by atoms with Crippen molar-refractivity contribution < 1.29 is 8.91 Å². The number of aromatic nitrogens is 2. The molecule has 0 saturated heterocycles. The van der Waals surface area contributed by atoms with E-state index in [9.17, 15) is 4.39 Å². The van der Waals surface area contributed by atoms with E-state index >= 15 is 0 Å². The number of halogens is 1. The lowest BCUT2D eigenvalue weighted by molar-refractivity contribution is 0.420. The SMILES string of the molecule is Cc1ccc(-c2nc(CN)no2)c(F)c1. The number of nitrogens with zero attached hydrogens (tertiary/aromatic N) is 2. The lowest BCUT2D eigenvalue weighted by Crippen LogP contribution is -1.97. The highest BCUT2D eigenvalue weighted by atomic mass is 19.1. The monoisotopic (exact) mass is 207 g/mol. The molecule has 0 aliphatic heterocycles. The predicted octanol–water partition coefficient (Wildman–Crippen LogP) is 1.64. The summed E-state index contributed by atoms with van der Waals surface area (Å²) < 4.78 is 18.4. The number of benzene rings is 1. The van der Waals surface area contributed by atoms with Gasteiger partial charge < -0.3 is 10.3 Å². The van der Waals surface area contributed by atoms with Crippen molar-refractivity contribution in [3.05, 3.63) is 35.4 Å². The van der Waals surface area contributed by atoms with Crippen molar-refractivity contribution >= 4 is 0 Å². The third kappa shape index (κ3) is 1.87. The van der Waals surface area contributed by atoms with Crippen LogP contribution in [0.3, 0.4) is 0 Å². The van der Waals surface area contributed by atoms with Crippen LogP contribution in [0.5, 0.6) is 0 Å². The summed E-state index contributed by atoms with van der Waals surface area (Å²) in [5, 5.41) is 3.60. The molecule has 2 N–H and O–H groups in total. The van der Waals surface area contributed by atoms with Crippen molar-refractivity contribution in [2.24, 2.45) is 5.73 Å². The average molecular weight is 207 g/mol. The van der Waals surface area contributed by atoms with Gasteiger partial charge in [-0.1, -0.05) is 11.2 Å². The Balaban J connectivity index is 2.44. The minimum Gasteiger partial charge on any atom is -0.334 e. The van der Waals surface area contributed by atoms with Gasteiger partial charge in [0.2, 0.25) is 0 Å². The first-order chi connectivity index (χ1) is 7.20. The van der Waals surface area contributed by atoms with Crippen molar-refractivity contribution in [3.8, 4) is 11.5 Å². The van der Waals surface area contributed by atoms with Crippen LogP contribution in [0.15, 0.2) is 22.7 Å². The number of hydrogen-bond donors (Lipinski definition) is 1. The van der Waals surface area contributed by atoms with E-state index in [-0.39, 0.29) is 18.3 Å². The van der Waals surface area contributed by atoms with E-state index in [0.29, 0.717) is 11.4 Å². The molecule has 78 valence electrons. The predicted molar refractivity (Wildman–Crippen MR) is 52.3 cm³/mol. The van der Waals surface area contributed by atoms with Crippen LogP contribution in [0, 0.1) is 12.7 Å². The zero-order valence-corrected chi connectivity index (χ0v) is 8.20. The van der Waals surface area contributed by atoms with Crippen LogP contribution in [0.25, 0.3) is 11.5 Å². The molecule has 2 aromatic rings. The summed E-state index contributed by atoms with van der Waals surface area (Å²) in [5.41, 5.74) is 6.47. The molecule has 1 aromatic carbocycles. The molecule has 0 saturated carbocycles. The standard InChI is InChI=1S/C10H10FN3O/c1-6-2-3-7(8(11)4-6)10-13-9(5-12)14-15-10/h2-4H,5,12H2,1H3. The van der Waals surface area contributed by atoms with E-state index in [1.807, 2.05) is 6.92 Å². The van der Waals surface area contributed by atoms with Gasteiger partial charge in [-0.25, -0.2) is 4.39 Å². The van der Waals surface area contributed by atoms with Gasteiger partial charge in [-0.05, 0) is 24.6 Å². The van der Waals surface area contributed by atoms with Crippen molar-refractivity contribution in [3.63, 3.8) is 0 Å². The zero-order chi connectivity index (χ0) is 10.8. The minimum atomic E-state index is -0.373. The van der Waals surface area contributed by atoms with Gasteiger partial charge in [0.05, 0.1) is 12.1 Å². The van der Waals surface area contributed by atoms with Crippen molar-refractivity contribution in [2.75, 3.05) is 0 Å². The molecule has 0 spiro atoms. The molecular weight excluding hydrogens is 197 g/mol. The van der Waals surface area contributed by atoms with Crippen molar-refractivity contribution in [2.45, 2.75) is 13.5 Å². The first kappa shape index (κ1) is 9.79. The summed E-state index contributed by atoms with van der Waals surface area (Å²) >= 11 is 0. The second-order valence-electron chi connectivity index (χ2n) is 3.20. The van der Waals surface area contributed by atoms with Crippen LogP contribution in [0.1, 0.15) is 11.4 Å². The zero-order valence-electron chi connectivity index (χ0n) is 8.20. The van der Waals surface area contributed by atoms with Gasteiger partial charge in [-0.3, -0.25) is 0 Å². The first-order valence-corrected chi connectivity index (χ1v) is 4.50. The topological polar surface area (TPSA) is 64.9 Å². The number of aryl methyl sites for hydroxylation is 1. The molecule has 4 nitrogen and oxygen atoms in total. The lowest BCUT2D eigenvalue weighted by atomic mass is 10.1. The van der Waals surface area contributed by atoms with Gasteiger partial charge in [0.25, 0.3) is 5.89 Å². The molecule has 5 heteroatoms. The summed E-state index contributed by atoms with van der Waals surface area (Å²) in [7, 11) is 0. The number of nitrogens with two attached hydrogens (primary N) is 1. The average Bonchev–Trinajstić information content (AvgIpc) is 2.66. The number of rotatable bonds is 2. The van der Waals surface area contributed by atoms with Gasteiger partial charge in [-0.15, -0.1) is 0 Å². The van der Waals surface area contributed by atoms with Crippen LogP contribution in [0.2, 0.25) is 0 Å². The van der Waals surface area contributed by atoms with Crippen LogP contribution in [0.4, 0.5) is 4.39 Å². The summed E-state index contributed by atoms with van der Waals surface area (Å²) in [5.74, 6) is 0.153. The maximum absolute atomic E-state index is 13.5. The quantitative estimate of drug-likeness (QED) is 0.813. The fourth-order valence-electron chi connectivity index (χ4n) is 1.24. The molecule has 0 radical (unpaired) electrons. The van der Waals surface area contributed by atoms with Crippen molar-refractivity contribution in [1.29, 1.82) is 0 Å². The van der Waals surface area contributed by atoms with Gasteiger partial charge in [-0.2, -0.15) is 4.98 Å². The summed E-state index contributed by atoms with van der Waals surface area (Å²) in [6, 6.07) is 4.81. The van der Waals surface area contributed by atoms with E-state index in [4.69, 9.17) is 10.3 Å². The molecule has 2 rings (SSSR count). The van der Waals surface area contributed by atoms with Gasteiger partial charge in [0.15, 0.2) is 5.82 Å². The molecule has 0 aliphatic carbocycles. The van der Waals surface area contributed by atoms with Crippen molar-refractivity contribution in [1.82, 2.24) is 10.1 Å². The number of hydrogen-bond acceptors (Lipinski definition) is 4. The maximum Gasteiger partial charge on any atom is 0.260 e. The molecule has 15 heavy (non-hydrogen) atoms. The largest absolute Gasteiger partial charge is 0.334 e.